The number of nitrogen functional groups attached to an aromatic ring is 1. The number of anilines is 1. The summed E-state index contributed by atoms with van der Waals surface area (Å²) in [5.41, 5.74) is 6.90. The lowest BCUT2D eigenvalue weighted by Crippen LogP contribution is -2.33. The third-order valence-corrected chi connectivity index (χ3v) is 3.23. The maximum Gasteiger partial charge on any atom is 0.251 e. The van der Waals surface area contributed by atoms with E-state index < -0.39 is 0 Å². The van der Waals surface area contributed by atoms with Crippen LogP contribution >= 0.6 is 0 Å². The van der Waals surface area contributed by atoms with Gasteiger partial charge in [0, 0.05) is 24.4 Å². The Kier molecular flexibility index (Phi) is 3.64. The zero-order chi connectivity index (χ0) is 12.3. The molecule has 1 saturated carbocycles. The molecular formula is C13H18N2O2. The van der Waals surface area contributed by atoms with Crippen LogP contribution in [0.3, 0.4) is 0 Å². The first-order valence-corrected chi connectivity index (χ1v) is 5.88. The highest BCUT2D eigenvalue weighted by Gasteiger charge is 2.25. The SMILES string of the molecule is COC1CCC(NC(=O)c2ccc(N)cc2)C1. The second kappa shape index (κ2) is 5.19. The van der Waals surface area contributed by atoms with Gasteiger partial charge in [0.25, 0.3) is 5.91 Å². The molecule has 0 aliphatic heterocycles. The van der Waals surface area contributed by atoms with Gasteiger partial charge in [0.1, 0.15) is 0 Å². The second-order valence-corrected chi connectivity index (χ2v) is 4.46. The van der Waals surface area contributed by atoms with Crippen molar-refractivity contribution < 1.29 is 9.53 Å². The maximum atomic E-state index is 11.9. The summed E-state index contributed by atoms with van der Waals surface area (Å²) in [7, 11) is 1.72. The van der Waals surface area contributed by atoms with Crippen LogP contribution in [0.4, 0.5) is 5.69 Å². The van der Waals surface area contributed by atoms with E-state index in [9.17, 15) is 4.79 Å². The van der Waals surface area contributed by atoms with Crippen molar-refractivity contribution in [3.05, 3.63) is 29.8 Å². The van der Waals surface area contributed by atoms with Crippen molar-refractivity contribution >= 4 is 11.6 Å². The molecule has 2 atom stereocenters. The average molecular weight is 234 g/mol. The molecule has 1 aliphatic rings. The largest absolute Gasteiger partial charge is 0.399 e. The molecule has 2 rings (SSSR count). The van der Waals surface area contributed by atoms with E-state index in [1.807, 2.05) is 0 Å². The van der Waals surface area contributed by atoms with E-state index >= 15 is 0 Å². The predicted octanol–water partition coefficient (Wildman–Crippen LogP) is 1.57. The monoisotopic (exact) mass is 234 g/mol. The fourth-order valence-corrected chi connectivity index (χ4v) is 2.19. The van der Waals surface area contributed by atoms with E-state index in [0.29, 0.717) is 11.3 Å². The summed E-state index contributed by atoms with van der Waals surface area (Å²) in [6.45, 7) is 0. The van der Waals surface area contributed by atoms with E-state index in [1.54, 1.807) is 31.4 Å². The Labute approximate surface area is 101 Å². The number of rotatable bonds is 3. The van der Waals surface area contributed by atoms with Crippen LogP contribution in [-0.4, -0.2) is 25.2 Å². The smallest absolute Gasteiger partial charge is 0.251 e. The first-order valence-electron chi connectivity index (χ1n) is 5.88. The summed E-state index contributed by atoms with van der Waals surface area (Å²) in [5.74, 6) is -0.0354. The molecule has 17 heavy (non-hydrogen) atoms. The normalized spacial score (nSPS) is 23.6. The van der Waals surface area contributed by atoms with Crippen LogP contribution < -0.4 is 11.1 Å². The lowest BCUT2D eigenvalue weighted by Gasteiger charge is -2.13. The fourth-order valence-electron chi connectivity index (χ4n) is 2.19. The highest BCUT2D eigenvalue weighted by molar-refractivity contribution is 5.94. The number of amides is 1. The summed E-state index contributed by atoms with van der Waals surface area (Å²) in [6.07, 6.45) is 3.19. The number of hydrogen-bond donors (Lipinski definition) is 2. The molecule has 3 N–H and O–H groups in total. The molecule has 0 saturated heterocycles. The van der Waals surface area contributed by atoms with Crippen LogP contribution in [0.2, 0.25) is 0 Å². The minimum absolute atomic E-state index is 0.0354. The summed E-state index contributed by atoms with van der Waals surface area (Å²) in [6, 6.07) is 7.19. The molecule has 1 fully saturated rings. The lowest BCUT2D eigenvalue weighted by atomic mass is 10.1. The van der Waals surface area contributed by atoms with Crippen molar-refractivity contribution in [2.75, 3.05) is 12.8 Å². The molecule has 1 aromatic carbocycles. The van der Waals surface area contributed by atoms with Crippen molar-refractivity contribution in [2.24, 2.45) is 0 Å². The van der Waals surface area contributed by atoms with Gasteiger partial charge < -0.3 is 15.8 Å². The summed E-state index contributed by atoms with van der Waals surface area (Å²) in [4.78, 5) is 11.9. The number of nitrogens with one attached hydrogen (secondary N) is 1. The van der Waals surface area contributed by atoms with E-state index in [-0.39, 0.29) is 18.1 Å². The van der Waals surface area contributed by atoms with Crippen LogP contribution in [0.5, 0.6) is 0 Å². The van der Waals surface area contributed by atoms with E-state index in [4.69, 9.17) is 10.5 Å². The Hall–Kier alpha value is -1.55. The van der Waals surface area contributed by atoms with Crippen molar-refractivity contribution in [3.8, 4) is 0 Å². The van der Waals surface area contributed by atoms with Crippen molar-refractivity contribution in [2.45, 2.75) is 31.4 Å². The van der Waals surface area contributed by atoms with Gasteiger partial charge in [-0.05, 0) is 43.5 Å². The van der Waals surface area contributed by atoms with Crippen molar-refractivity contribution in [3.63, 3.8) is 0 Å². The predicted molar refractivity (Wildman–Crippen MR) is 66.8 cm³/mol. The Morgan fingerprint density at radius 1 is 1.35 bits per heavy atom. The van der Waals surface area contributed by atoms with Gasteiger partial charge >= 0.3 is 0 Å². The van der Waals surface area contributed by atoms with Crippen LogP contribution in [0.25, 0.3) is 0 Å². The molecule has 0 radical (unpaired) electrons. The van der Waals surface area contributed by atoms with Crippen molar-refractivity contribution in [1.29, 1.82) is 0 Å². The van der Waals surface area contributed by atoms with Gasteiger partial charge in [0.15, 0.2) is 0 Å². The number of carbonyl (C=O) groups is 1. The molecule has 1 aromatic rings. The summed E-state index contributed by atoms with van der Waals surface area (Å²) in [5, 5.41) is 3.02. The third kappa shape index (κ3) is 2.97. The van der Waals surface area contributed by atoms with Crippen LogP contribution in [0.1, 0.15) is 29.6 Å². The number of carbonyl (C=O) groups excluding carboxylic acids is 1. The highest BCUT2D eigenvalue weighted by atomic mass is 16.5. The lowest BCUT2D eigenvalue weighted by molar-refractivity contribution is 0.0915. The van der Waals surface area contributed by atoms with Gasteiger partial charge in [-0.1, -0.05) is 0 Å². The van der Waals surface area contributed by atoms with E-state index in [2.05, 4.69) is 5.32 Å². The number of nitrogens with two attached hydrogens (primary N) is 1. The molecule has 4 nitrogen and oxygen atoms in total. The van der Waals surface area contributed by atoms with Crippen LogP contribution in [0.15, 0.2) is 24.3 Å². The number of methoxy groups -OCH3 is 1. The summed E-state index contributed by atoms with van der Waals surface area (Å²) < 4.78 is 5.28. The Morgan fingerprint density at radius 3 is 2.65 bits per heavy atom. The molecule has 0 aromatic heterocycles. The number of benzene rings is 1. The molecule has 1 amide bonds. The standard InChI is InChI=1S/C13H18N2O2/c1-17-12-7-6-11(8-12)15-13(16)9-2-4-10(14)5-3-9/h2-5,11-12H,6-8,14H2,1H3,(H,15,16). The zero-order valence-electron chi connectivity index (χ0n) is 9.98. The average Bonchev–Trinajstić information content (AvgIpc) is 2.77. The van der Waals surface area contributed by atoms with Gasteiger partial charge in [-0.2, -0.15) is 0 Å². The Balaban J connectivity index is 1.91. The van der Waals surface area contributed by atoms with Crippen LogP contribution in [-0.2, 0) is 4.74 Å². The number of hydrogen-bond acceptors (Lipinski definition) is 3. The Bertz CT molecular complexity index is 389. The first-order chi connectivity index (χ1) is 8.19. The minimum Gasteiger partial charge on any atom is -0.399 e. The quantitative estimate of drug-likeness (QED) is 0.780. The van der Waals surface area contributed by atoms with Gasteiger partial charge in [-0.3, -0.25) is 4.79 Å². The number of ether oxygens (including phenoxy) is 1. The highest BCUT2D eigenvalue weighted by Crippen LogP contribution is 2.21. The molecular weight excluding hydrogens is 216 g/mol. The topological polar surface area (TPSA) is 64.3 Å². The molecule has 4 heteroatoms. The van der Waals surface area contributed by atoms with E-state index in [1.165, 1.54) is 0 Å². The summed E-state index contributed by atoms with van der Waals surface area (Å²) >= 11 is 0. The molecule has 0 spiro atoms. The fraction of sp³-hybridized carbons (Fsp3) is 0.462. The molecule has 0 heterocycles. The van der Waals surface area contributed by atoms with Gasteiger partial charge in [-0.15, -0.1) is 0 Å². The van der Waals surface area contributed by atoms with Gasteiger partial charge in [0.05, 0.1) is 6.10 Å². The maximum absolute atomic E-state index is 11.9. The second-order valence-electron chi connectivity index (χ2n) is 4.46. The zero-order valence-corrected chi connectivity index (χ0v) is 9.98. The molecule has 0 bridgehead atoms. The first kappa shape index (κ1) is 11.9. The van der Waals surface area contributed by atoms with E-state index in [0.717, 1.165) is 19.3 Å². The van der Waals surface area contributed by atoms with Crippen molar-refractivity contribution in [1.82, 2.24) is 5.32 Å². The molecule has 1 aliphatic carbocycles. The Morgan fingerprint density at radius 2 is 2.06 bits per heavy atom. The molecule has 92 valence electrons. The minimum atomic E-state index is -0.0354. The van der Waals surface area contributed by atoms with Crippen LogP contribution in [0, 0.1) is 0 Å². The third-order valence-electron chi connectivity index (χ3n) is 3.23. The van der Waals surface area contributed by atoms with Gasteiger partial charge in [-0.25, -0.2) is 0 Å². The van der Waals surface area contributed by atoms with Gasteiger partial charge in [0.2, 0.25) is 0 Å². The molecule has 2 unspecified atom stereocenters.